The number of hydrogen-bond acceptors (Lipinski definition) is 4. The van der Waals surface area contributed by atoms with Crippen LogP contribution >= 0.6 is 0 Å². The lowest BCUT2D eigenvalue weighted by atomic mass is 9.96. The van der Waals surface area contributed by atoms with Crippen molar-refractivity contribution >= 4 is 16.2 Å². The zero-order valence-corrected chi connectivity index (χ0v) is 12.8. The van der Waals surface area contributed by atoms with Gasteiger partial charge in [-0.25, -0.2) is 0 Å². The molecule has 1 aliphatic carbocycles. The Labute approximate surface area is 121 Å². The quantitative estimate of drug-likeness (QED) is 0.787. The van der Waals surface area contributed by atoms with E-state index >= 15 is 0 Å². The molecule has 0 radical (unpaired) electrons. The van der Waals surface area contributed by atoms with Gasteiger partial charge in [-0.3, -0.25) is 4.79 Å². The van der Waals surface area contributed by atoms with Crippen molar-refractivity contribution in [2.75, 3.05) is 20.2 Å². The van der Waals surface area contributed by atoms with Gasteiger partial charge in [0.2, 0.25) is 0 Å². The van der Waals surface area contributed by atoms with Crippen molar-refractivity contribution in [3.63, 3.8) is 0 Å². The van der Waals surface area contributed by atoms with Crippen LogP contribution in [0.5, 0.6) is 0 Å². The van der Waals surface area contributed by atoms with E-state index in [0.29, 0.717) is 25.9 Å². The molecule has 1 aliphatic heterocycles. The van der Waals surface area contributed by atoms with Crippen molar-refractivity contribution < 1.29 is 17.9 Å². The standard InChI is InChI=1S/C13H24N2O4S/c1-19-13(16)11-7-9-15(10-8-11)20(17,18)14-12-5-3-2-4-6-12/h11-12,14H,2-10H2,1H3. The van der Waals surface area contributed by atoms with E-state index in [1.165, 1.54) is 17.8 Å². The van der Waals surface area contributed by atoms with Gasteiger partial charge >= 0.3 is 5.97 Å². The van der Waals surface area contributed by atoms with Crippen LogP contribution in [-0.4, -0.2) is 44.9 Å². The topological polar surface area (TPSA) is 75.7 Å². The van der Waals surface area contributed by atoms with Crippen LogP contribution in [0.3, 0.4) is 0 Å². The summed E-state index contributed by atoms with van der Waals surface area (Å²) in [7, 11) is -2.04. The highest BCUT2D eigenvalue weighted by atomic mass is 32.2. The maximum atomic E-state index is 12.3. The molecule has 0 amide bonds. The highest BCUT2D eigenvalue weighted by molar-refractivity contribution is 7.87. The van der Waals surface area contributed by atoms with Crippen LogP contribution in [0.4, 0.5) is 0 Å². The zero-order valence-electron chi connectivity index (χ0n) is 12.0. The third-order valence-corrected chi connectivity index (χ3v) is 5.93. The van der Waals surface area contributed by atoms with Crippen molar-refractivity contribution in [3.8, 4) is 0 Å². The van der Waals surface area contributed by atoms with E-state index in [-0.39, 0.29) is 17.9 Å². The molecule has 116 valence electrons. The molecule has 1 saturated heterocycles. The summed E-state index contributed by atoms with van der Waals surface area (Å²) in [6, 6.07) is 0.0760. The molecule has 2 fully saturated rings. The Balaban J connectivity index is 1.86. The van der Waals surface area contributed by atoms with Gasteiger partial charge in [0.15, 0.2) is 0 Å². The largest absolute Gasteiger partial charge is 0.469 e. The molecular weight excluding hydrogens is 280 g/mol. The fraction of sp³-hybridized carbons (Fsp3) is 0.923. The first-order chi connectivity index (χ1) is 9.53. The van der Waals surface area contributed by atoms with E-state index in [1.807, 2.05) is 0 Å². The molecule has 0 unspecified atom stereocenters. The summed E-state index contributed by atoms with van der Waals surface area (Å²) in [5, 5.41) is 0. The van der Waals surface area contributed by atoms with Crippen LogP contribution in [0, 0.1) is 5.92 Å². The van der Waals surface area contributed by atoms with E-state index in [1.54, 1.807) is 0 Å². The first-order valence-corrected chi connectivity index (χ1v) is 8.82. The van der Waals surface area contributed by atoms with E-state index in [4.69, 9.17) is 4.74 Å². The molecule has 0 spiro atoms. The summed E-state index contributed by atoms with van der Waals surface area (Å²) in [6.45, 7) is 0.781. The average molecular weight is 304 g/mol. The van der Waals surface area contributed by atoms with Gasteiger partial charge in [0, 0.05) is 19.1 Å². The second-order valence-corrected chi connectivity index (χ2v) is 7.36. The van der Waals surface area contributed by atoms with Crippen molar-refractivity contribution in [2.24, 2.45) is 5.92 Å². The van der Waals surface area contributed by atoms with Crippen molar-refractivity contribution in [1.29, 1.82) is 0 Å². The Kier molecular flexibility index (Phi) is 5.40. The summed E-state index contributed by atoms with van der Waals surface area (Å²) in [6.07, 6.45) is 6.32. The van der Waals surface area contributed by atoms with Gasteiger partial charge in [-0.05, 0) is 25.7 Å². The van der Waals surface area contributed by atoms with Gasteiger partial charge in [-0.1, -0.05) is 19.3 Å². The third-order valence-electron chi connectivity index (χ3n) is 4.25. The molecule has 2 aliphatic rings. The summed E-state index contributed by atoms with van der Waals surface area (Å²) >= 11 is 0. The molecule has 1 heterocycles. The summed E-state index contributed by atoms with van der Waals surface area (Å²) < 4.78 is 33.6. The molecule has 20 heavy (non-hydrogen) atoms. The Hall–Kier alpha value is -0.660. The second kappa shape index (κ2) is 6.87. The van der Waals surface area contributed by atoms with E-state index in [9.17, 15) is 13.2 Å². The SMILES string of the molecule is COC(=O)C1CCN(S(=O)(=O)NC2CCCCC2)CC1. The van der Waals surface area contributed by atoms with Crippen LogP contribution in [0.25, 0.3) is 0 Å². The zero-order chi connectivity index (χ0) is 14.6. The number of nitrogens with zero attached hydrogens (tertiary/aromatic N) is 1. The van der Waals surface area contributed by atoms with Crippen LogP contribution in [-0.2, 0) is 19.7 Å². The minimum atomic E-state index is -3.41. The van der Waals surface area contributed by atoms with Crippen LogP contribution < -0.4 is 4.72 Å². The predicted octanol–water partition coefficient (Wildman–Crippen LogP) is 1.04. The Morgan fingerprint density at radius 3 is 2.25 bits per heavy atom. The Morgan fingerprint density at radius 1 is 1.10 bits per heavy atom. The molecule has 2 rings (SSSR count). The Bertz CT molecular complexity index is 424. The lowest BCUT2D eigenvalue weighted by Crippen LogP contribution is -2.49. The summed E-state index contributed by atoms with van der Waals surface area (Å²) in [5.41, 5.74) is 0. The number of carbonyl (C=O) groups excluding carboxylic acids is 1. The van der Waals surface area contributed by atoms with Gasteiger partial charge in [-0.2, -0.15) is 17.4 Å². The number of esters is 1. The number of hydrogen-bond donors (Lipinski definition) is 1. The number of methoxy groups -OCH3 is 1. The predicted molar refractivity (Wildman–Crippen MR) is 75.2 cm³/mol. The van der Waals surface area contributed by atoms with Gasteiger partial charge in [0.1, 0.15) is 0 Å². The first kappa shape index (κ1) is 15.7. The monoisotopic (exact) mass is 304 g/mol. The molecule has 7 heteroatoms. The average Bonchev–Trinajstić information content (AvgIpc) is 2.47. The fourth-order valence-corrected chi connectivity index (χ4v) is 4.50. The van der Waals surface area contributed by atoms with Crippen molar-refractivity contribution in [3.05, 3.63) is 0 Å². The lowest BCUT2D eigenvalue weighted by molar-refractivity contribution is -0.146. The normalized spacial score (nSPS) is 23.6. The van der Waals surface area contributed by atoms with Crippen molar-refractivity contribution in [2.45, 2.75) is 51.0 Å². The molecule has 0 bridgehead atoms. The van der Waals surface area contributed by atoms with Crippen molar-refractivity contribution in [1.82, 2.24) is 9.03 Å². The van der Waals surface area contributed by atoms with Crippen LogP contribution in [0.15, 0.2) is 0 Å². The first-order valence-electron chi connectivity index (χ1n) is 7.38. The molecule has 0 aromatic carbocycles. The molecule has 0 atom stereocenters. The van der Waals surface area contributed by atoms with E-state index in [2.05, 4.69) is 4.72 Å². The molecular formula is C13H24N2O4S. The maximum absolute atomic E-state index is 12.3. The Morgan fingerprint density at radius 2 is 1.70 bits per heavy atom. The fourth-order valence-electron chi connectivity index (χ4n) is 3.00. The lowest BCUT2D eigenvalue weighted by Gasteiger charge is -2.32. The number of piperidine rings is 1. The smallest absolute Gasteiger partial charge is 0.308 e. The number of nitrogens with one attached hydrogen (secondary N) is 1. The molecule has 1 N–H and O–H groups in total. The molecule has 0 aromatic heterocycles. The minimum Gasteiger partial charge on any atom is -0.469 e. The van der Waals surface area contributed by atoms with Gasteiger partial charge in [0.05, 0.1) is 13.0 Å². The maximum Gasteiger partial charge on any atom is 0.308 e. The summed E-state index contributed by atoms with van der Waals surface area (Å²) in [5.74, 6) is -0.400. The highest BCUT2D eigenvalue weighted by Gasteiger charge is 2.32. The summed E-state index contributed by atoms with van der Waals surface area (Å²) in [4.78, 5) is 11.4. The van der Waals surface area contributed by atoms with E-state index in [0.717, 1.165) is 25.7 Å². The third kappa shape index (κ3) is 3.93. The number of rotatable bonds is 4. The van der Waals surface area contributed by atoms with Gasteiger partial charge < -0.3 is 4.74 Å². The molecule has 6 nitrogen and oxygen atoms in total. The minimum absolute atomic E-state index is 0.0760. The molecule has 1 saturated carbocycles. The number of carbonyl (C=O) groups is 1. The van der Waals surface area contributed by atoms with Gasteiger partial charge in [-0.15, -0.1) is 0 Å². The number of ether oxygens (including phenoxy) is 1. The van der Waals surface area contributed by atoms with Crippen LogP contribution in [0.1, 0.15) is 44.9 Å². The van der Waals surface area contributed by atoms with Crippen LogP contribution in [0.2, 0.25) is 0 Å². The highest BCUT2D eigenvalue weighted by Crippen LogP contribution is 2.22. The van der Waals surface area contributed by atoms with Gasteiger partial charge in [0.25, 0.3) is 10.2 Å². The molecule has 0 aromatic rings. The second-order valence-electron chi connectivity index (χ2n) is 5.65. The van der Waals surface area contributed by atoms with E-state index < -0.39 is 10.2 Å².